The van der Waals surface area contributed by atoms with Crippen LogP contribution in [0.4, 0.5) is 13.2 Å². The molecule has 8 heteroatoms. The number of pyridine rings is 1. The summed E-state index contributed by atoms with van der Waals surface area (Å²) in [5, 5.41) is 0. The second-order valence-electron chi connectivity index (χ2n) is 4.83. The molecule has 0 amide bonds. The zero-order valence-corrected chi connectivity index (χ0v) is 12.0. The maximum atomic E-state index is 13.0. The maximum absolute atomic E-state index is 13.0. The van der Waals surface area contributed by atoms with Gasteiger partial charge in [-0.15, -0.1) is 0 Å². The zero-order valence-electron chi connectivity index (χ0n) is 12.0. The van der Waals surface area contributed by atoms with E-state index in [0.29, 0.717) is 19.2 Å². The van der Waals surface area contributed by atoms with Gasteiger partial charge in [0.1, 0.15) is 16.9 Å². The van der Waals surface area contributed by atoms with Gasteiger partial charge in [0.05, 0.1) is 19.8 Å². The monoisotopic (exact) mass is 319 g/mol. The van der Waals surface area contributed by atoms with Gasteiger partial charge in [-0.25, -0.2) is 4.79 Å². The summed E-state index contributed by atoms with van der Waals surface area (Å²) in [5.41, 5.74) is -1.44. The molecule has 0 spiro atoms. The van der Waals surface area contributed by atoms with E-state index in [1.165, 1.54) is 0 Å². The summed E-state index contributed by atoms with van der Waals surface area (Å²) in [7, 11) is 1.08. The molecule has 1 aromatic heterocycles. The number of halogens is 3. The molecule has 1 aliphatic rings. The first-order valence-electron chi connectivity index (χ1n) is 6.81. The van der Waals surface area contributed by atoms with Crippen molar-refractivity contribution in [1.82, 2.24) is 4.98 Å². The molecular formula is C14H16F3NO4. The number of hydrogen-bond acceptors (Lipinski definition) is 5. The lowest BCUT2D eigenvalue weighted by Crippen LogP contribution is -2.17. The van der Waals surface area contributed by atoms with Crippen LogP contribution in [-0.4, -0.2) is 37.4 Å². The van der Waals surface area contributed by atoms with Crippen molar-refractivity contribution in [3.05, 3.63) is 23.5 Å². The highest BCUT2D eigenvalue weighted by molar-refractivity contribution is 5.92. The Hall–Kier alpha value is -1.83. The van der Waals surface area contributed by atoms with Gasteiger partial charge >= 0.3 is 12.1 Å². The van der Waals surface area contributed by atoms with Crippen molar-refractivity contribution in [1.29, 1.82) is 0 Å². The summed E-state index contributed by atoms with van der Waals surface area (Å²) in [6.07, 6.45) is -0.804. The number of rotatable bonds is 5. The van der Waals surface area contributed by atoms with Crippen LogP contribution < -0.4 is 4.74 Å². The Kier molecular flexibility index (Phi) is 5.23. The average Bonchev–Trinajstić information content (AvgIpc) is 2.98. The van der Waals surface area contributed by atoms with Gasteiger partial charge in [-0.2, -0.15) is 13.2 Å². The van der Waals surface area contributed by atoms with Crippen molar-refractivity contribution in [3.8, 4) is 5.75 Å². The number of alkyl halides is 3. The normalized spacial score (nSPS) is 18.3. The van der Waals surface area contributed by atoms with Crippen LogP contribution in [0.1, 0.15) is 35.2 Å². The molecule has 0 saturated carbocycles. The number of hydrogen-bond donors (Lipinski definition) is 0. The third-order valence-corrected chi connectivity index (χ3v) is 3.32. The predicted octanol–water partition coefficient (Wildman–Crippen LogP) is 2.83. The van der Waals surface area contributed by atoms with Crippen LogP contribution in [0.15, 0.2) is 12.4 Å². The van der Waals surface area contributed by atoms with Crippen LogP contribution in [0, 0.1) is 0 Å². The lowest BCUT2D eigenvalue weighted by molar-refractivity contribution is -0.139. The Labute approximate surface area is 125 Å². The number of aromatic nitrogens is 1. The number of carbonyl (C=O) groups excluding carboxylic acids is 1. The third kappa shape index (κ3) is 3.88. The number of esters is 1. The van der Waals surface area contributed by atoms with Crippen LogP contribution in [0.2, 0.25) is 0 Å². The SMILES string of the molecule is COC(=O)c1cncc(C(F)(F)F)c1OCCC1CCCO1. The predicted molar refractivity (Wildman–Crippen MR) is 69.7 cm³/mol. The smallest absolute Gasteiger partial charge is 0.421 e. The van der Waals surface area contributed by atoms with E-state index in [9.17, 15) is 18.0 Å². The van der Waals surface area contributed by atoms with Crippen LogP contribution in [0.3, 0.4) is 0 Å². The fourth-order valence-corrected chi connectivity index (χ4v) is 2.23. The zero-order chi connectivity index (χ0) is 16.2. The first-order valence-corrected chi connectivity index (χ1v) is 6.81. The molecule has 0 N–H and O–H groups in total. The standard InChI is InChI=1S/C14H16F3NO4/c1-20-13(19)10-7-18-8-11(14(15,16)17)12(10)22-6-4-9-3-2-5-21-9/h7-9H,2-6H2,1H3. The fourth-order valence-electron chi connectivity index (χ4n) is 2.23. The summed E-state index contributed by atoms with van der Waals surface area (Å²) >= 11 is 0. The van der Waals surface area contributed by atoms with Gasteiger partial charge in [0.15, 0.2) is 0 Å². The topological polar surface area (TPSA) is 57.7 Å². The van der Waals surface area contributed by atoms with Crippen molar-refractivity contribution in [3.63, 3.8) is 0 Å². The highest BCUT2D eigenvalue weighted by atomic mass is 19.4. The molecule has 2 rings (SSSR count). The van der Waals surface area contributed by atoms with E-state index in [2.05, 4.69) is 9.72 Å². The second kappa shape index (κ2) is 6.95. The van der Waals surface area contributed by atoms with Crippen molar-refractivity contribution in [2.24, 2.45) is 0 Å². The Balaban J connectivity index is 2.19. The Morgan fingerprint density at radius 1 is 1.45 bits per heavy atom. The van der Waals surface area contributed by atoms with Gasteiger partial charge in [0.2, 0.25) is 0 Å². The second-order valence-corrected chi connectivity index (χ2v) is 4.83. The Morgan fingerprint density at radius 3 is 2.82 bits per heavy atom. The molecule has 0 bridgehead atoms. The lowest BCUT2D eigenvalue weighted by atomic mass is 10.1. The Bertz CT molecular complexity index is 527. The molecule has 1 saturated heterocycles. The minimum Gasteiger partial charge on any atom is -0.492 e. The highest BCUT2D eigenvalue weighted by Crippen LogP contribution is 2.38. The van der Waals surface area contributed by atoms with Crippen LogP contribution in [-0.2, 0) is 15.7 Å². The average molecular weight is 319 g/mol. The van der Waals surface area contributed by atoms with Gasteiger partial charge in [-0.05, 0) is 12.8 Å². The molecule has 5 nitrogen and oxygen atoms in total. The lowest BCUT2D eigenvalue weighted by Gasteiger charge is -2.17. The molecule has 22 heavy (non-hydrogen) atoms. The van der Waals surface area contributed by atoms with Gasteiger partial charge in [-0.3, -0.25) is 4.98 Å². The summed E-state index contributed by atoms with van der Waals surface area (Å²) < 4.78 is 54.2. The van der Waals surface area contributed by atoms with E-state index in [4.69, 9.17) is 9.47 Å². The third-order valence-electron chi connectivity index (χ3n) is 3.32. The largest absolute Gasteiger partial charge is 0.492 e. The maximum Gasteiger partial charge on any atom is 0.421 e. The quantitative estimate of drug-likeness (QED) is 0.781. The molecule has 1 aromatic rings. The molecule has 1 aliphatic heterocycles. The van der Waals surface area contributed by atoms with Crippen molar-refractivity contribution in [2.75, 3.05) is 20.3 Å². The van der Waals surface area contributed by atoms with E-state index in [0.717, 1.165) is 26.1 Å². The first kappa shape index (κ1) is 16.5. The molecule has 2 heterocycles. The fraction of sp³-hybridized carbons (Fsp3) is 0.571. The molecule has 1 atom stereocenters. The molecule has 0 aromatic carbocycles. The van der Waals surface area contributed by atoms with E-state index >= 15 is 0 Å². The molecule has 122 valence electrons. The minimum atomic E-state index is -4.67. The number of ether oxygens (including phenoxy) is 3. The van der Waals surface area contributed by atoms with Crippen molar-refractivity contribution >= 4 is 5.97 Å². The van der Waals surface area contributed by atoms with Crippen molar-refractivity contribution < 1.29 is 32.2 Å². The molecule has 1 unspecified atom stereocenters. The van der Waals surface area contributed by atoms with E-state index in [1.54, 1.807) is 0 Å². The van der Waals surface area contributed by atoms with Gasteiger partial charge < -0.3 is 14.2 Å². The number of methoxy groups -OCH3 is 1. The summed E-state index contributed by atoms with van der Waals surface area (Å²) in [5.74, 6) is -1.47. The van der Waals surface area contributed by atoms with E-state index in [1.807, 2.05) is 0 Å². The number of carbonyl (C=O) groups is 1. The first-order chi connectivity index (χ1) is 10.4. The Morgan fingerprint density at radius 2 is 2.23 bits per heavy atom. The minimum absolute atomic E-state index is 0.0156. The molecular weight excluding hydrogens is 303 g/mol. The van der Waals surface area contributed by atoms with Crippen LogP contribution >= 0.6 is 0 Å². The van der Waals surface area contributed by atoms with Crippen LogP contribution in [0.5, 0.6) is 5.75 Å². The van der Waals surface area contributed by atoms with E-state index < -0.39 is 23.5 Å². The van der Waals surface area contributed by atoms with E-state index in [-0.39, 0.29) is 18.3 Å². The van der Waals surface area contributed by atoms with Crippen molar-refractivity contribution in [2.45, 2.75) is 31.5 Å². The van der Waals surface area contributed by atoms with Gasteiger partial charge in [0.25, 0.3) is 0 Å². The summed E-state index contributed by atoms with van der Waals surface area (Å²) in [4.78, 5) is 15.0. The summed E-state index contributed by atoms with van der Waals surface area (Å²) in [6, 6.07) is 0. The molecule has 0 aliphatic carbocycles. The highest BCUT2D eigenvalue weighted by Gasteiger charge is 2.37. The molecule has 0 radical (unpaired) electrons. The number of nitrogens with zero attached hydrogens (tertiary/aromatic N) is 1. The van der Waals surface area contributed by atoms with Gasteiger partial charge in [0, 0.05) is 25.4 Å². The van der Waals surface area contributed by atoms with Gasteiger partial charge in [-0.1, -0.05) is 0 Å². The van der Waals surface area contributed by atoms with Crippen LogP contribution in [0.25, 0.3) is 0 Å². The summed E-state index contributed by atoms with van der Waals surface area (Å²) in [6.45, 7) is 0.670. The molecule has 1 fully saturated rings.